The smallest absolute Gasteiger partial charge is 0.363 e. The number of cyclic esters (lactones) is 1. The fraction of sp³-hybridized carbons (Fsp3) is 0. The number of aliphatic imine (C=N–C) groups is 1. The minimum Gasteiger partial charge on any atom is -0.449 e. The number of furan rings is 1. The third kappa shape index (κ3) is 3.15. The summed E-state index contributed by atoms with van der Waals surface area (Å²) in [5, 5.41) is 0.837. The molecule has 0 bridgehead atoms. The standard InChI is InChI=1S/C14H5Br2Cl2NO3/c15-9-4-7(21-12(9)16)5-11-14(20)22-13(19-11)8-2-1-6(17)3-10(8)18/h1-5H. The lowest BCUT2D eigenvalue weighted by Crippen LogP contribution is -2.05. The number of nitrogens with zero attached hydrogens (tertiary/aromatic N) is 1. The third-order valence-corrected chi connectivity index (χ3v) is 4.98. The van der Waals surface area contributed by atoms with Crippen molar-refractivity contribution in [3.8, 4) is 0 Å². The molecular formula is C14H5Br2Cl2NO3. The number of hydrogen-bond acceptors (Lipinski definition) is 4. The lowest BCUT2D eigenvalue weighted by atomic mass is 10.2. The lowest BCUT2D eigenvalue weighted by Gasteiger charge is -2.02. The molecule has 0 amide bonds. The maximum Gasteiger partial charge on any atom is 0.363 e. The summed E-state index contributed by atoms with van der Waals surface area (Å²) in [6.45, 7) is 0. The van der Waals surface area contributed by atoms with Crippen LogP contribution in [0.4, 0.5) is 0 Å². The normalized spacial score (nSPS) is 16.1. The lowest BCUT2D eigenvalue weighted by molar-refractivity contribution is -0.129. The first-order valence-corrected chi connectivity index (χ1v) is 8.21. The summed E-state index contributed by atoms with van der Waals surface area (Å²) in [4.78, 5) is 16.0. The van der Waals surface area contributed by atoms with Crippen LogP contribution in [0.2, 0.25) is 10.0 Å². The minimum atomic E-state index is -0.579. The van der Waals surface area contributed by atoms with E-state index in [1.54, 1.807) is 24.3 Å². The third-order valence-electron chi connectivity index (χ3n) is 2.73. The van der Waals surface area contributed by atoms with E-state index in [0.717, 1.165) is 4.47 Å². The van der Waals surface area contributed by atoms with Crippen molar-refractivity contribution in [2.45, 2.75) is 0 Å². The summed E-state index contributed by atoms with van der Waals surface area (Å²) in [5.41, 5.74) is 0.611. The topological polar surface area (TPSA) is 51.8 Å². The van der Waals surface area contributed by atoms with E-state index in [1.807, 2.05) is 0 Å². The van der Waals surface area contributed by atoms with E-state index >= 15 is 0 Å². The van der Waals surface area contributed by atoms with Gasteiger partial charge in [-0.05, 0) is 56.1 Å². The molecule has 2 aromatic rings. The fourth-order valence-corrected chi connectivity index (χ4v) is 2.85. The number of carbonyl (C=O) groups excluding carboxylic acids is 1. The molecule has 22 heavy (non-hydrogen) atoms. The Morgan fingerprint density at radius 1 is 1.18 bits per heavy atom. The van der Waals surface area contributed by atoms with Gasteiger partial charge in [0.05, 0.1) is 15.1 Å². The largest absolute Gasteiger partial charge is 0.449 e. The molecule has 0 unspecified atom stereocenters. The molecule has 2 heterocycles. The summed E-state index contributed by atoms with van der Waals surface area (Å²) < 4.78 is 11.8. The van der Waals surface area contributed by atoms with E-state index in [0.29, 0.717) is 26.0 Å². The van der Waals surface area contributed by atoms with Crippen molar-refractivity contribution in [2.24, 2.45) is 4.99 Å². The van der Waals surface area contributed by atoms with Crippen LogP contribution in [0.15, 0.2) is 48.5 Å². The zero-order valence-electron chi connectivity index (χ0n) is 10.6. The van der Waals surface area contributed by atoms with Crippen LogP contribution in [0, 0.1) is 0 Å². The highest BCUT2D eigenvalue weighted by Gasteiger charge is 2.26. The fourth-order valence-electron chi connectivity index (χ4n) is 1.76. The second kappa shape index (κ2) is 6.20. The molecule has 3 rings (SSSR count). The van der Waals surface area contributed by atoms with Gasteiger partial charge in [0, 0.05) is 11.1 Å². The van der Waals surface area contributed by atoms with Gasteiger partial charge < -0.3 is 9.15 Å². The van der Waals surface area contributed by atoms with Gasteiger partial charge >= 0.3 is 5.97 Å². The highest BCUT2D eigenvalue weighted by atomic mass is 79.9. The van der Waals surface area contributed by atoms with Gasteiger partial charge in [0.25, 0.3) is 0 Å². The van der Waals surface area contributed by atoms with Gasteiger partial charge in [0.1, 0.15) is 5.76 Å². The number of carbonyl (C=O) groups is 1. The first-order chi connectivity index (χ1) is 10.4. The summed E-state index contributed by atoms with van der Waals surface area (Å²) in [6, 6.07) is 6.53. The molecule has 0 spiro atoms. The van der Waals surface area contributed by atoms with Crippen LogP contribution < -0.4 is 0 Å². The highest BCUT2D eigenvalue weighted by molar-refractivity contribution is 9.13. The Balaban J connectivity index is 1.97. The average molecular weight is 466 g/mol. The quantitative estimate of drug-likeness (QED) is 0.437. The summed E-state index contributed by atoms with van der Waals surface area (Å²) in [5.74, 6) is 0.00479. The molecule has 1 aliphatic rings. The second-order valence-corrected chi connectivity index (χ2v) is 6.65. The molecule has 0 aliphatic carbocycles. The van der Waals surface area contributed by atoms with Crippen LogP contribution in [0.25, 0.3) is 6.08 Å². The van der Waals surface area contributed by atoms with E-state index in [1.165, 1.54) is 6.08 Å². The first kappa shape index (κ1) is 15.8. The molecule has 0 saturated carbocycles. The van der Waals surface area contributed by atoms with Crippen molar-refractivity contribution in [3.05, 3.63) is 60.5 Å². The highest BCUT2D eigenvalue weighted by Crippen LogP contribution is 2.30. The molecule has 0 fully saturated rings. The molecule has 1 aromatic carbocycles. The minimum absolute atomic E-state index is 0.120. The zero-order valence-corrected chi connectivity index (χ0v) is 15.3. The molecule has 0 N–H and O–H groups in total. The summed E-state index contributed by atoms with van der Waals surface area (Å²) in [7, 11) is 0. The molecule has 0 atom stereocenters. The van der Waals surface area contributed by atoms with Crippen molar-refractivity contribution < 1.29 is 13.9 Å². The van der Waals surface area contributed by atoms with Crippen LogP contribution in [-0.4, -0.2) is 11.9 Å². The van der Waals surface area contributed by atoms with Crippen molar-refractivity contribution in [2.75, 3.05) is 0 Å². The number of ether oxygens (including phenoxy) is 1. The zero-order chi connectivity index (χ0) is 15.9. The molecule has 112 valence electrons. The van der Waals surface area contributed by atoms with Crippen molar-refractivity contribution in [1.29, 1.82) is 0 Å². The van der Waals surface area contributed by atoms with Crippen LogP contribution in [-0.2, 0) is 9.53 Å². The predicted octanol–water partition coefficient (Wildman–Crippen LogP) is 5.46. The SMILES string of the molecule is O=C1OC(c2ccc(Cl)cc2Cl)=NC1=Cc1cc(Br)c(Br)o1. The number of rotatable bonds is 2. The maximum absolute atomic E-state index is 11.9. The van der Waals surface area contributed by atoms with E-state index in [4.69, 9.17) is 32.4 Å². The van der Waals surface area contributed by atoms with E-state index < -0.39 is 5.97 Å². The Kier molecular flexibility index (Phi) is 4.45. The van der Waals surface area contributed by atoms with Gasteiger partial charge in [0.15, 0.2) is 10.4 Å². The first-order valence-electron chi connectivity index (χ1n) is 5.87. The second-order valence-electron chi connectivity index (χ2n) is 4.23. The van der Waals surface area contributed by atoms with Crippen molar-refractivity contribution in [3.63, 3.8) is 0 Å². The number of halogens is 4. The number of esters is 1. The predicted molar refractivity (Wildman–Crippen MR) is 91.2 cm³/mol. The molecule has 4 nitrogen and oxygen atoms in total. The van der Waals surface area contributed by atoms with E-state index in [2.05, 4.69) is 36.9 Å². The van der Waals surface area contributed by atoms with Gasteiger partial charge in [-0.15, -0.1) is 0 Å². The monoisotopic (exact) mass is 463 g/mol. The van der Waals surface area contributed by atoms with Crippen LogP contribution in [0.5, 0.6) is 0 Å². The van der Waals surface area contributed by atoms with Gasteiger partial charge in [-0.1, -0.05) is 23.2 Å². The van der Waals surface area contributed by atoms with Crippen LogP contribution in [0.1, 0.15) is 11.3 Å². The Morgan fingerprint density at radius 3 is 2.59 bits per heavy atom. The van der Waals surface area contributed by atoms with E-state index in [-0.39, 0.29) is 11.6 Å². The maximum atomic E-state index is 11.9. The molecule has 0 radical (unpaired) electrons. The van der Waals surface area contributed by atoms with Crippen molar-refractivity contribution >= 4 is 73.0 Å². The molecule has 1 aromatic heterocycles. The van der Waals surface area contributed by atoms with Crippen molar-refractivity contribution in [1.82, 2.24) is 0 Å². The molecule has 8 heteroatoms. The Morgan fingerprint density at radius 2 is 1.95 bits per heavy atom. The number of hydrogen-bond donors (Lipinski definition) is 0. The van der Waals surface area contributed by atoms with Crippen LogP contribution >= 0.6 is 55.1 Å². The summed E-state index contributed by atoms with van der Waals surface area (Å²) >= 11 is 18.4. The number of benzene rings is 1. The average Bonchev–Trinajstić information content (AvgIpc) is 2.94. The van der Waals surface area contributed by atoms with Gasteiger partial charge in [0.2, 0.25) is 5.90 Å². The Bertz CT molecular complexity index is 823. The van der Waals surface area contributed by atoms with Crippen LogP contribution in [0.3, 0.4) is 0 Å². The molecule has 0 saturated heterocycles. The van der Waals surface area contributed by atoms with Gasteiger partial charge in [-0.2, -0.15) is 0 Å². The molecule has 1 aliphatic heterocycles. The Labute approximate surface area is 152 Å². The van der Waals surface area contributed by atoms with Gasteiger partial charge in [-0.3, -0.25) is 0 Å². The Hall–Kier alpha value is -1.08. The van der Waals surface area contributed by atoms with E-state index in [9.17, 15) is 4.79 Å². The summed E-state index contributed by atoms with van der Waals surface area (Å²) in [6.07, 6.45) is 1.48. The molecular weight excluding hydrogens is 461 g/mol. The van der Waals surface area contributed by atoms with Gasteiger partial charge in [-0.25, -0.2) is 9.79 Å².